The first-order valence-corrected chi connectivity index (χ1v) is 8.78. The Morgan fingerprint density at radius 3 is 2.52 bits per heavy atom. The molecule has 0 atom stereocenters. The average Bonchev–Trinajstić information content (AvgIpc) is 2.74. The number of nitrogens with zero attached hydrogens (tertiary/aromatic N) is 2. The maximum absolute atomic E-state index is 12.9. The first kappa shape index (κ1) is 20.2. The summed E-state index contributed by atoms with van der Waals surface area (Å²) < 4.78 is 23.2. The van der Waals surface area contributed by atoms with Crippen molar-refractivity contribution in [2.45, 2.75) is 0 Å². The number of esters is 1. The quantitative estimate of drug-likeness (QED) is 0.448. The van der Waals surface area contributed by atoms with Gasteiger partial charge in [-0.1, -0.05) is 0 Å². The smallest absolute Gasteiger partial charge is 0.341 e. The fourth-order valence-corrected chi connectivity index (χ4v) is 2.82. The minimum Gasteiger partial charge on any atom is -0.452 e. The average molecular weight is 403 g/mol. The van der Waals surface area contributed by atoms with Crippen LogP contribution in [-0.2, 0) is 14.3 Å². The van der Waals surface area contributed by atoms with Crippen LogP contribution in [0.1, 0.15) is 10.4 Å². The lowest BCUT2D eigenvalue weighted by Gasteiger charge is -2.30. The molecule has 1 amide bonds. The number of non-ortho nitro benzene ring substituents is 1. The van der Waals surface area contributed by atoms with E-state index in [4.69, 9.17) is 9.47 Å². The van der Waals surface area contributed by atoms with Crippen LogP contribution in [0.4, 0.5) is 21.5 Å². The number of carbonyl (C=O) groups excluding carboxylic acids is 2. The van der Waals surface area contributed by atoms with E-state index < -0.39 is 29.2 Å². The highest BCUT2D eigenvalue weighted by atomic mass is 19.1. The Labute approximate surface area is 165 Å². The zero-order valence-electron chi connectivity index (χ0n) is 15.3. The van der Waals surface area contributed by atoms with E-state index in [-0.39, 0.29) is 11.3 Å². The molecule has 0 spiro atoms. The van der Waals surface area contributed by atoms with E-state index in [1.807, 2.05) is 4.90 Å². The van der Waals surface area contributed by atoms with Gasteiger partial charge in [0, 0.05) is 30.9 Å². The van der Waals surface area contributed by atoms with Crippen LogP contribution in [0, 0.1) is 15.9 Å². The number of benzene rings is 2. The number of amides is 1. The fourth-order valence-electron chi connectivity index (χ4n) is 2.82. The molecular weight excluding hydrogens is 385 g/mol. The van der Waals surface area contributed by atoms with Crippen molar-refractivity contribution in [1.82, 2.24) is 0 Å². The van der Waals surface area contributed by atoms with Gasteiger partial charge in [0.1, 0.15) is 5.82 Å². The van der Waals surface area contributed by atoms with Crippen molar-refractivity contribution in [3.8, 4) is 0 Å². The standard InChI is InChI=1S/C19H18FN3O6/c20-13-1-3-14(4-2-13)21-18(24)12-29-19(25)16-11-15(23(26)27)5-6-17(16)22-7-9-28-10-8-22/h1-6,11H,7-10,12H2,(H,21,24). The molecule has 0 bridgehead atoms. The molecule has 0 unspecified atom stereocenters. The number of nitro benzene ring substituents is 1. The number of rotatable bonds is 6. The lowest BCUT2D eigenvalue weighted by atomic mass is 10.1. The molecule has 0 saturated carbocycles. The molecule has 0 radical (unpaired) electrons. The number of anilines is 2. The summed E-state index contributed by atoms with van der Waals surface area (Å²) in [6, 6.07) is 9.02. The van der Waals surface area contributed by atoms with Crippen LogP contribution in [0.15, 0.2) is 42.5 Å². The van der Waals surface area contributed by atoms with Crippen molar-refractivity contribution in [3.05, 3.63) is 64.0 Å². The van der Waals surface area contributed by atoms with Crippen LogP contribution in [0.5, 0.6) is 0 Å². The van der Waals surface area contributed by atoms with Crippen molar-refractivity contribution in [2.24, 2.45) is 0 Å². The Morgan fingerprint density at radius 1 is 1.17 bits per heavy atom. The Morgan fingerprint density at radius 2 is 1.86 bits per heavy atom. The van der Waals surface area contributed by atoms with Gasteiger partial charge in [-0.15, -0.1) is 0 Å². The summed E-state index contributed by atoms with van der Waals surface area (Å²) in [6.45, 7) is 1.37. The van der Waals surface area contributed by atoms with Gasteiger partial charge in [0.05, 0.1) is 29.4 Å². The highest BCUT2D eigenvalue weighted by Gasteiger charge is 2.23. The van der Waals surface area contributed by atoms with E-state index in [0.29, 0.717) is 37.7 Å². The normalized spacial score (nSPS) is 13.6. The minimum absolute atomic E-state index is 0.00400. The van der Waals surface area contributed by atoms with E-state index in [0.717, 1.165) is 6.07 Å². The lowest BCUT2D eigenvalue weighted by molar-refractivity contribution is -0.384. The van der Waals surface area contributed by atoms with Crippen LogP contribution in [0.2, 0.25) is 0 Å². The number of morpholine rings is 1. The molecule has 1 heterocycles. The SMILES string of the molecule is O=C(COC(=O)c1cc([N+](=O)[O-])ccc1N1CCOCC1)Nc1ccc(F)cc1. The van der Waals surface area contributed by atoms with E-state index in [9.17, 15) is 24.1 Å². The second-order valence-corrected chi connectivity index (χ2v) is 6.19. The third kappa shape index (κ3) is 5.26. The monoisotopic (exact) mass is 403 g/mol. The predicted octanol–water partition coefficient (Wildman–Crippen LogP) is 2.37. The molecule has 0 aliphatic carbocycles. The molecule has 29 heavy (non-hydrogen) atoms. The summed E-state index contributed by atoms with van der Waals surface area (Å²) in [7, 11) is 0. The number of ether oxygens (including phenoxy) is 2. The Kier molecular flexibility index (Phi) is 6.35. The van der Waals surface area contributed by atoms with E-state index in [2.05, 4.69) is 5.32 Å². The largest absolute Gasteiger partial charge is 0.452 e. The number of halogens is 1. The molecule has 2 aromatic rings. The van der Waals surface area contributed by atoms with Crippen LogP contribution >= 0.6 is 0 Å². The maximum atomic E-state index is 12.9. The van der Waals surface area contributed by atoms with Gasteiger partial charge < -0.3 is 19.7 Å². The number of nitro groups is 1. The molecule has 10 heteroatoms. The third-order valence-corrected chi connectivity index (χ3v) is 4.22. The summed E-state index contributed by atoms with van der Waals surface area (Å²) in [6.07, 6.45) is 0. The Balaban J connectivity index is 1.70. The zero-order valence-corrected chi connectivity index (χ0v) is 15.3. The summed E-state index contributed by atoms with van der Waals surface area (Å²) in [4.78, 5) is 36.9. The first-order chi connectivity index (χ1) is 13.9. The molecule has 1 saturated heterocycles. The molecule has 1 aliphatic heterocycles. The van der Waals surface area contributed by atoms with Crippen LogP contribution < -0.4 is 10.2 Å². The van der Waals surface area contributed by atoms with E-state index in [1.165, 1.54) is 36.4 Å². The van der Waals surface area contributed by atoms with Gasteiger partial charge in [0.15, 0.2) is 6.61 Å². The third-order valence-electron chi connectivity index (χ3n) is 4.22. The molecule has 3 rings (SSSR count). The topological polar surface area (TPSA) is 111 Å². The summed E-state index contributed by atoms with van der Waals surface area (Å²) in [5.41, 5.74) is 0.556. The summed E-state index contributed by atoms with van der Waals surface area (Å²) in [5, 5.41) is 13.6. The predicted molar refractivity (Wildman–Crippen MR) is 101 cm³/mol. The van der Waals surface area contributed by atoms with Gasteiger partial charge in [-0.05, 0) is 30.3 Å². The number of hydrogen-bond acceptors (Lipinski definition) is 7. The highest BCUT2D eigenvalue weighted by Crippen LogP contribution is 2.27. The van der Waals surface area contributed by atoms with Crippen molar-refractivity contribution >= 4 is 28.9 Å². The minimum atomic E-state index is -0.857. The number of hydrogen-bond donors (Lipinski definition) is 1. The molecule has 2 aromatic carbocycles. The van der Waals surface area contributed by atoms with Crippen LogP contribution in [-0.4, -0.2) is 49.7 Å². The molecule has 1 fully saturated rings. The van der Waals surface area contributed by atoms with Crippen molar-refractivity contribution < 1.29 is 28.4 Å². The highest BCUT2D eigenvalue weighted by molar-refractivity contribution is 5.99. The lowest BCUT2D eigenvalue weighted by Crippen LogP contribution is -2.37. The van der Waals surface area contributed by atoms with Gasteiger partial charge in [-0.3, -0.25) is 14.9 Å². The maximum Gasteiger partial charge on any atom is 0.341 e. The van der Waals surface area contributed by atoms with Gasteiger partial charge in [-0.25, -0.2) is 9.18 Å². The molecule has 152 valence electrons. The van der Waals surface area contributed by atoms with Gasteiger partial charge >= 0.3 is 5.97 Å². The second-order valence-electron chi connectivity index (χ2n) is 6.19. The Bertz CT molecular complexity index is 913. The van der Waals surface area contributed by atoms with Crippen molar-refractivity contribution in [1.29, 1.82) is 0 Å². The number of nitrogens with one attached hydrogen (secondary N) is 1. The Hall–Kier alpha value is -3.53. The molecule has 1 aliphatic rings. The molecule has 0 aromatic heterocycles. The second kappa shape index (κ2) is 9.11. The molecule has 9 nitrogen and oxygen atoms in total. The van der Waals surface area contributed by atoms with E-state index >= 15 is 0 Å². The van der Waals surface area contributed by atoms with Crippen molar-refractivity contribution in [2.75, 3.05) is 43.1 Å². The van der Waals surface area contributed by atoms with Gasteiger partial charge in [-0.2, -0.15) is 0 Å². The first-order valence-electron chi connectivity index (χ1n) is 8.78. The fraction of sp³-hybridized carbons (Fsp3) is 0.263. The summed E-state index contributed by atoms with van der Waals surface area (Å²) >= 11 is 0. The zero-order chi connectivity index (χ0) is 20.8. The van der Waals surface area contributed by atoms with Gasteiger partial charge in [0.2, 0.25) is 0 Å². The van der Waals surface area contributed by atoms with Crippen LogP contribution in [0.25, 0.3) is 0 Å². The van der Waals surface area contributed by atoms with Crippen LogP contribution in [0.3, 0.4) is 0 Å². The van der Waals surface area contributed by atoms with Gasteiger partial charge in [0.25, 0.3) is 11.6 Å². The number of carbonyl (C=O) groups is 2. The molecular formula is C19H18FN3O6. The molecule has 1 N–H and O–H groups in total. The van der Waals surface area contributed by atoms with E-state index in [1.54, 1.807) is 0 Å². The van der Waals surface area contributed by atoms with Crippen molar-refractivity contribution in [3.63, 3.8) is 0 Å². The summed E-state index contributed by atoms with van der Waals surface area (Å²) in [5.74, 6) is -1.93.